The predicted molar refractivity (Wildman–Crippen MR) is 81.9 cm³/mol. The van der Waals surface area contributed by atoms with Crippen molar-refractivity contribution in [3.63, 3.8) is 0 Å². The van der Waals surface area contributed by atoms with E-state index in [0.717, 1.165) is 25.7 Å². The zero-order chi connectivity index (χ0) is 15.0. The lowest BCUT2D eigenvalue weighted by Gasteiger charge is -2.29. The summed E-state index contributed by atoms with van der Waals surface area (Å²) in [6.45, 7) is 2.09. The molecule has 1 saturated carbocycles. The zero-order valence-corrected chi connectivity index (χ0v) is 13.4. The van der Waals surface area contributed by atoms with Crippen molar-refractivity contribution < 1.29 is 8.42 Å². The summed E-state index contributed by atoms with van der Waals surface area (Å²) in [6, 6.07) is 5.25. The fraction of sp³-hybridized carbons (Fsp3) is 0.500. The molecule has 2 aromatic heterocycles. The molecule has 5 nitrogen and oxygen atoms in total. The Morgan fingerprint density at radius 3 is 2.86 bits per heavy atom. The van der Waals surface area contributed by atoms with Crippen molar-refractivity contribution in [3.8, 4) is 0 Å². The van der Waals surface area contributed by atoms with E-state index in [1.54, 1.807) is 24.4 Å². The van der Waals surface area contributed by atoms with Crippen LogP contribution in [0.25, 0.3) is 5.65 Å². The summed E-state index contributed by atoms with van der Waals surface area (Å²) in [5, 5.41) is 0.0368. The van der Waals surface area contributed by atoms with Gasteiger partial charge in [0.05, 0.1) is 0 Å². The molecular formula is C14H18ClN3O2S. The Labute approximate surface area is 129 Å². The van der Waals surface area contributed by atoms with Crippen LogP contribution in [0.4, 0.5) is 0 Å². The summed E-state index contributed by atoms with van der Waals surface area (Å²) >= 11 is 6.06. The summed E-state index contributed by atoms with van der Waals surface area (Å²) < 4.78 is 29.7. The van der Waals surface area contributed by atoms with Gasteiger partial charge < -0.3 is 0 Å². The van der Waals surface area contributed by atoms with Crippen molar-refractivity contribution in [2.24, 2.45) is 5.92 Å². The fourth-order valence-electron chi connectivity index (χ4n) is 2.93. The highest BCUT2D eigenvalue weighted by atomic mass is 35.5. The molecule has 0 bridgehead atoms. The highest BCUT2D eigenvalue weighted by molar-refractivity contribution is 7.89. The molecular weight excluding hydrogens is 310 g/mol. The van der Waals surface area contributed by atoms with Crippen molar-refractivity contribution >= 4 is 27.3 Å². The first-order chi connectivity index (χ1) is 9.99. The molecule has 1 N–H and O–H groups in total. The normalized spacial score (nSPS) is 23.5. The van der Waals surface area contributed by atoms with E-state index >= 15 is 0 Å². The Balaban J connectivity index is 1.98. The van der Waals surface area contributed by atoms with Crippen LogP contribution in [0, 0.1) is 5.92 Å². The second kappa shape index (κ2) is 5.59. The smallest absolute Gasteiger partial charge is 0.260 e. The molecule has 0 amide bonds. The predicted octanol–water partition coefficient (Wildman–Crippen LogP) is 2.84. The molecule has 3 rings (SSSR count). The topological polar surface area (TPSA) is 63.5 Å². The average molecular weight is 328 g/mol. The maximum atomic E-state index is 12.7. The van der Waals surface area contributed by atoms with Crippen LogP contribution in [0.1, 0.15) is 32.6 Å². The minimum Gasteiger partial charge on any atom is -0.288 e. The number of nitrogens with one attached hydrogen (secondary N) is 1. The first kappa shape index (κ1) is 14.8. The molecule has 0 aromatic carbocycles. The van der Waals surface area contributed by atoms with Crippen LogP contribution in [0.5, 0.6) is 0 Å². The first-order valence-corrected chi connectivity index (χ1v) is 9.00. The van der Waals surface area contributed by atoms with Gasteiger partial charge in [0.2, 0.25) is 0 Å². The van der Waals surface area contributed by atoms with E-state index in [1.807, 2.05) is 0 Å². The minimum absolute atomic E-state index is 0.0113. The third-order valence-electron chi connectivity index (χ3n) is 4.12. The lowest BCUT2D eigenvalue weighted by molar-refractivity contribution is 0.310. The number of nitrogens with zero attached hydrogens (tertiary/aromatic N) is 2. The molecule has 7 heteroatoms. The maximum Gasteiger partial charge on any atom is 0.260 e. The number of hydrogen-bond acceptors (Lipinski definition) is 3. The second-order valence-corrected chi connectivity index (χ2v) is 7.61. The summed E-state index contributed by atoms with van der Waals surface area (Å²) in [4.78, 5) is 4.10. The van der Waals surface area contributed by atoms with Gasteiger partial charge in [-0.05, 0) is 30.9 Å². The third-order valence-corrected chi connectivity index (χ3v) is 6.01. The van der Waals surface area contributed by atoms with Crippen LogP contribution in [-0.4, -0.2) is 23.8 Å². The van der Waals surface area contributed by atoms with Crippen LogP contribution in [0.2, 0.25) is 5.15 Å². The average Bonchev–Trinajstić information content (AvgIpc) is 2.77. The van der Waals surface area contributed by atoms with Crippen LogP contribution >= 0.6 is 11.6 Å². The Morgan fingerprint density at radius 2 is 2.10 bits per heavy atom. The Kier molecular flexibility index (Phi) is 3.94. The van der Waals surface area contributed by atoms with Crippen molar-refractivity contribution in [1.29, 1.82) is 0 Å². The lowest BCUT2D eigenvalue weighted by atomic mass is 9.87. The Hall–Kier alpha value is -1.11. The van der Waals surface area contributed by atoms with Gasteiger partial charge in [-0.2, -0.15) is 0 Å². The van der Waals surface area contributed by atoms with E-state index in [4.69, 9.17) is 11.6 Å². The number of rotatable bonds is 3. The molecule has 1 aliphatic rings. The van der Waals surface area contributed by atoms with Crippen molar-refractivity contribution in [2.45, 2.75) is 43.7 Å². The van der Waals surface area contributed by atoms with Crippen molar-refractivity contribution in [1.82, 2.24) is 14.1 Å². The molecule has 2 heterocycles. The van der Waals surface area contributed by atoms with E-state index in [2.05, 4.69) is 16.6 Å². The monoisotopic (exact) mass is 327 g/mol. The van der Waals surface area contributed by atoms with E-state index < -0.39 is 10.0 Å². The molecule has 0 aliphatic heterocycles. The summed E-state index contributed by atoms with van der Waals surface area (Å²) in [5.74, 6) is 0.339. The van der Waals surface area contributed by atoms with Gasteiger partial charge in [-0.1, -0.05) is 37.4 Å². The molecule has 0 saturated heterocycles. The molecule has 2 atom stereocenters. The van der Waals surface area contributed by atoms with Gasteiger partial charge in [0, 0.05) is 12.2 Å². The quantitative estimate of drug-likeness (QED) is 0.942. The highest BCUT2D eigenvalue weighted by Crippen LogP contribution is 2.27. The molecule has 114 valence electrons. The van der Waals surface area contributed by atoms with E-state index in [9.17, 15) is 8.42 Å². The highest BCUT2D eigenvalue weighted by Gasteiger charge is 2.30. The SMILES string of the molecule is CC1CCCCC1NS(=O)(=O)c1c(Cl)nc2ccccn12. The summed E-state index contributed by atoms with van der Waals surface area (Å²) in [5.41, 5.74) is 0.527. The summed E-state index contributed by atoms with van der Waals surface area (Å²) in [6.07, 6.45) is 5.80. The van der Waals surface area contributed by atoms with Crippen LogP contribution in [0.3, 0.4) is 0 Å². The van der Waals surface area contributed by atoms with Gasteiger partial charge in [0.15, 0.2) is 10.2 Å². The van der Waals surface area contributed by atoms with Gasteiger partial charge in [0.1, 0.15) is 5.65 Å². The van der Waals surface area contributed by atoms with Crippen LogP contribution in [0.15, 0.2) is 29.4 Å². The maximum absolute atomic E-state index is 12.7. The molecule has 1 aliphatic carbocycles. The fourth-order valence-corrected chi connectivity index (χ4v) is 4.95. The molecule has 0 radical (unpaired) electrons. The molecule has 21 heavy (non-hydrogen) atoms. The number of halogens is 1. The van der Waals surface area contributed by atoms with Crippen molar-refractivity contribution in [2.75, 3.05) is 0 Å². The molecule has 2 aromatic rings. The van der Waals surface area contributed by atoms with E-state index in [-0.39, 0.29) is 16.2 Å². The molecule has 1 fully saturated rings. The van der Waals surface area contributed by atoms with Gasteiger partial charge in [-0.25, -0.2) is 18.1 Å². The standard InChI is InChI=1S/C14H18ClN3O2S/c1-10-6-2-3-7-11(10)17-21(19,20)14-13(15)16-12-8-4-5-9-18(12)14/h4-5,8-11,17H,2-3,6-7H2,1H3. The molecule has 2 unspecified atom stereocenters. The Morgan fingerprint density at radius 1 is 1.33 bits per heavy atom. The number of fused-ring (bicyclic) bond motifs is 1. The van der Waals surface area contributed by atoms with Gasteiger partial charge in [-0.3, -0.25) is 4.40 Å². The third kappa shape index (κ3) is 2.80. The summed E-state index contributed by atoms with van der Waals surface area (Å²) in [7, 11) is -3.69. The largest absolute Gasteiger partial charge is 0.288 e. The number of sulfonamides is 1. The van der Waals surface area contributed by atoms with Gasteiger partial charge in [0.25, 0.3) is 10.0 Å². The Bertz CT molecular complexity index is 757. The van der Waals surface area contributed by atoms with Crippen LogP contribution in [-0.2, 0) is 10.0 Å². The molecule has 0 spiro atoms. The van der Waals surface area contributed by atoms with E-state index in [1.165, 1.54) is 4.40 Å². The number of pyridine rings is 1. The first-order valence-electron chi connectivity index (χ1n) is 7.14. The number of aromatic nitrogens is 2. The van der Waals surface area contributed by atoms with Gasteiger partial charge >= 0.3 is 0 Å². The minimum atomic E-state index is -3.69. The van der Waals surface area contributed by atoms with Gasteiger partial charge in [-0.15, -0.1) is 0 Å². The zero-order valence-electron chi connectivity index (χ0n) is 11.8. The number of imidazole rings is 1. The van der Waals surface area contributed by atoms with Crippen LogP contribution < -0.4 is 4.72 Å². The lowest BCUT2D eigenvalue weighted by Crippen LogP contribution is -2.41. The van der Waals surface area contributed by atoms with E-state index in [0.29, 0.717) is 11.6 Å². The van der Waals surface area contributed by atoms with Crippen molar-refractivity contribution in [3.05, 3.63) is 29.5 Å². The number of hydrogen-bond donors (Lipinski definition) is 1. The second-order valence-electron chi connectivity index (χ2n) is 5.63.